The average Bonchev–Trinajstić information content (AvgIpc) is 2.54. The van der Waals surface area contributed by atoms with Gasteiger partial charge in [0.2, 0.25) is 0 Å². The summed E-state index contributed by atoms with van der Waals surface area (Å²) < 4.78 is 21.9. The minimum absolute atomic E-state index is 0.301. The molecule has 0 saturated carbocycles. The lowest BCUT2D eigenvalue weighted by Gasteiger charge is -2.20. The monoisotopic (exact) mass is 234 g/mol. The van der Waals surface area contributed by atoms with Crippen LogP contribution in [-0.2, 0) is 9.84 Å². The van der Waals surface area contributed by atoms with Crippen LogP contribution in [0.25, 0.3) is 0 Å². The number of nitrogens with one attached hydrogen (secondary N) is 1. The van der Waals surface area contributed by atoms with Crippen LogP contribution in [-0.4, -0.2) is 58.1 Å². The molecule has 0 amide bonds. The Morgan fingerprint density at radius 2 is 2.20 bits per heavy atom. The van der Waals surface area contributed by atoms with Crippen LogP contribution in [0.4, 0.5) is 0 Å². The van der Waals surface area contributed by atoms with Crippen molar-refractivity contribution in [2.75, 3.05) is 38.7 Å². The lowest BCUT2D eigenvalue weighted by Crippen LogP contribution is -2.36. The van der Waals surface area contributed by atoms with Gasteiger partial charge in [-0.2, -0.15) is 0 Å². The fourth-order valence-corrected chi connectivity index (χ4v) is 2.63. The normalized spacial score (nSPS) is 22.5. The summed E-state index contributed by atoms with van der Waals surface area (Å²) in [5.41, 5.74) is 0. The van der Waals surface area contributed by atoms with E-state index in [1.54, 1.807) is 0 Å². The first-order chi connectivity index (χ1) is 6.97. The molecule has 0 aliphatic carbocycles. The van der Waals surface area contributed by atoms with E-state index in [9.17, 15) is 8.42 Å². The van der Waals surface area contributed by atoms with E-state index in [1.165, 1.54) is 19.1 Å². The van der Waals surface area contributed by atoms with Crippen LogP contribution < -0.4 is 5.32 Å². The highest BCUT2D eigenvalue weighted by Gasteiger charge is 2.15. The Morgan fingerprint density at radius 1 is 1.47 bits per heavy atom. The average molecular weight is 234 g/mol. The first-order valence-corrected chi connectivity index (χ1v) is 7.63. The predicted octanol–water partition coefficient (Wildman–Crippen LogP) is 0.105. The standard InChI is InChI=1S/C10H22N2O2S/c1-12(7-4-8-15(2,13)14)9-10-5-3-6-11-10/h10-11H,3-9H2,1-2H3. The molecule has 0 radical (unpaired) electrons. The van der Waals surface area contributed by atoms with Crippen molar-refractivity contribution in [2.24, 2.45) is 0 Å². The van der Waals surface area contributed by atoms with E-state index in [-0.39, 0.29) is 0 Å². The lowest BCUT2D eigenvalue weighted by molar-refractivity contribution is 0.301. The molecule has 1 aliphatic heterocycles. The molecule has 1 aliphatic rings. The second kappa shape index (κ2) is 5.82. The summed E-state index contributed by atoms with van der Waals surface area (Å²) in [6, 6.07) is 0.605. The van der Waals surface area contributed by atoms with E-state index < -0.39 is 9.84 Å². The summed E-state index contributed by atoms with van der Waals surface area (Å²) in [6.45, 7) is 3.02. The molecule has 0 spiro atoms. The Labute approximate surface area is 93.0 Å². The quantitative estimate of drug-likeness (QED) is 0.708. The van der Waals surface area contributed by atoms with Gasteiger partial charge in [0.1, 0.15) is 9.84 Å². The molecular formula is C10H22N2O2S. The van der Waals surface area contributed by atoms with Crippen LogP contribution in [0.1, 0.15) is 19.3 Å². The Kier molecular flexibility index (Phi) is 5.02. The van der Waals surface area contributed by atoms with Crippen LogP contribution in [0.5, 0.6) is 0 Å². The summed E-state index contributed by atoms with van der Waals surface area (Å²) in [4.78, 5) is 2.22. The molecule has 0 aromatic rings. The third-order valence-corrected chi connectivity index (χ3v) is 3.78. The van der Waals surface area contributed by atoms with Gasteiger partial charge in [-0.15, -0.1) is 0 Å². The zero-order chi connectivity index (χ0) is 11.3. The van der Waals surface area contributed by atoms with Crippen molar-refractivity contribution in [3.63, 3.8) is 0 Å². The summed E-state index contributed by atoms with van der Waals surface area (Å²) in [5.74, 6) is 0.301. The van der Waals surface area contributed by atoms with E-state index in [0.29, 0.717) is 11.8 Å². The highest BCUT2D eigenvalue weighted by molar-refractivity contribution is 7.90. The maximum Gasteiger partial charge on any atom is 0.147 e. The second-order valence-corrected chi connectivity index (χ2v) is 6.80. The highest BCUT2D eigenvalue weighted by Crippen LogP contribution is 2.06. The Bertz CT molecular complexity index is 271. The molecular weight excluding hydrogens is 212 g/mol. The highest BCUT2D eigenvalue weighted by atomic mass is 32.2. The molecule has 0 aromatic carbocycles. The minimum atomic E-state index is -2.79. The first kappa shape index (κ1) is 12.9. The second-order valence-electron chi connectivity index (χ2n) is 4.54. The molecule has 4 nitrogen and oxygen atoms in total. The third-order valence-electron chi connectivity index (χ3n) is 2.75. The fraction of sp³-hybridized carbons (Fsp3) is 1.00. The molecule has 90 valence electrons. The van der Waals surface area contributed by atoms with E-state index in [4.69, 9.17) is 0 Å². The van der Waals surface area contributed by atoms with Gasteiger partial charge >= 0.3 is 0 Å². The molecule has 1 rings (SSSR count). The van der Waals surface area contributed by atoms with Crippen LogP contribution in [0.2, 0.25) is 0 Å². The van der Waals surface area contributed by atoms with Gasteiger partial charge in [-0.25, -0.2) is 8.42 Å². The summed E-state index contributed by atoms with van der Waals surface area (Å²) in [5, 5.41) is 3.43. The molecule has 5 heteroatoms. The molecule has 1 saturated heterocycles. The Balaban J connectivity index is 2.10. The van der Waals surface area contributed by atoms with E-state index in [0.717, 1.165) is 26.1 Å². The molecule has 1 atom stereocenters. The zero-order valence-electron chi connectivity index (χ0n) is 9.70. The summed E-state index contributed by atoms with van der Waals surface area (Å²) in [6.07, 6.45) is 4.55. The van der Waals surface area contributed by atoms with Crippen molar-refractivity contribution in [3.05, 3.63) is 0 Å². The maximum absolute atomic E-state index is 10.9. The maximum atomic E-state index is 10.9. The number of hydrogen-bond acceptors (Lipinski definition) is 4. The van der Waals surface area contributed by atoms with Crippen LogP contribution in [0.3, 0.4) is 0 Å². The van der Waals surface area contributed by atoms with Gasteiger partial charge < -0.3 is 10.2 Å². The van der Waals surface area contributed by atoms with Crippen molar-refractivity contribution < 1.29 is 8.42 Å². The summed E-state index contributed by atoms with van der Waals surface area (Å²) >= 11 is 0. The Morgan fingerprint density at radius 3 is 2.73 bits per heavy atom. The minimum Gasteiger partial charge on any atom is -0.313 e. The fourth-order valence-electron chi connectivity index (χ4n) is 1.98. The van der Waals surface area contributed by atoms with Crippen LogP contribution in [0, 0.1) is 0 Å². The van der Waals surface area contributed by atoms with Gasteiger partial charge in [0.25, 0.3) is 0 Å². The van der Waals surface area contributed by atoms with Crippen molar-refractivity contribution in [1.29, 1.82) is 0 Å². The molecule has 1 fully saturated rings. The van der Waals surface area contributed by atoms with Gasteiger partial charge in [0.15, 0.2) is 0 Å². The van der Waals surface area contributed by atoms with E-state index in [1.807, 2.05) is 0 Å². The molecule has 0 aromatic heterocycles. The van der Waals surface area contributed by atoms with Gasteiger partial charge in [-0.05, 0) is 39.4 Å². The number of likely N-dealkylation sites (N-methyl/N-ethyl adjacent to an activating group) is 1. The molecule has 0 bridgehead atoms. The van der Waals surface area contributed by atoms with Gasteiger partial charge in [0, 0.05) is 18.8 Å². The Hall–Kier alpha value is -0.130. The molecule has 1 N–H and O–H groups in total. The van der Waals surface area contributed by atoms with Crippen molar-refractivity contribution in [1.82, 2.24) is 10.2 Å². The van der Waals surface area contributed by atoms with Gasteiger partial charge in [-0.3, -0.25) is 0 Å². The number of sulfone groups is 1. The predicted molar refractivity (Wildman–Crippen MR) is 62.8 cm³/mol. The SMILES string of the molecule is CN(CCCS(C)(=O)=O)CC1CCCN1. The smallest absolute Gasteiger partial charge is 0.147 e. The number of rotatable bonds is 6. The van der Waals surface area contributed by atoms with Gasteiger partial charge in [-0.1, -0.05) is 0 Å². The number of hydrogen-bond donors (Lipinski definition) is 1. The van der Waals surface area contributed by atoms with Crippen molar-refractivity contribution in [2.45, 2.75) is 25.3 Å². The van der Waals surface area contributed by atoms with Crippen LogP contribution in [0.15, 0.2) is 0 Å². The molecule has 1 unspecified atom stereocenters. The summed E-state index contributed by atoms with van der Waals surface area (Å²) in [7, 11) is -0.732. The van der Waals surface area contributed by atoms with Gasteiger partial charge in [0.05, 0.1) is 5.75 Å². The topological polar surface area (TPSA) is 49.4 Å². The van der Waals surface area contributed by atoms with E-state index in [2.05, 4.69) is 17.3 Å². The third kappa shape index (κ3) is 6.12. The number of nitrogens with zero attached hydrogens (tertiary/aromatic N) is 1. The molecule has 1 heterocycles. The largest absolute Gasteiger partial charge is 0.313 e. The first-order valence-electron chi connectivity index (χ1n) is 5.57. The van der Waals surface area contributed by atoms with Crippen molar-refractivity contribution >= 4 is 9.84 Å². The van der Waals surface area contributed by atoms with E-state index >= 15 is 0 Å². The zero-order valence-corrected chi connectivity index (χ0v) is 10.5. The molecule has 15 heavy (non-hydrogen) atoms. The van der Waals surface area contributed by atoms with Crippen LogP contribution >= 0.6 is 0 Å². The van der Waals surface area contributed by atoms with Crippen molar-refractivity contribution in [3.8, 4) is 0 Å². The lowest BCUT2D eigenvalue weighted by atomic mass is 10.2.